The predicted molar refractivity (Wildman–Crippen MR) is 91.9 cm³/mol. The maximum absolute atomic E-state index is 13.2. The van der Waals surface area contributed by atoms with E-state index in [0.29, 0.717) is 16.6 Å². The lowest BCUT2D eigenvalue weighted by Crippen LogP contribution is -2.29. The Kier molecular flexibility index (Phi) is 3.96. The van der Waals surface area contributed by atoms with E-state index in [9.17, 15) is 22.4 Å². The third kappa shape index (κ3) is 3.18. The molecule has 0 bridgehead atoms. The van der Waals surface area contributed by atoms with Gasteiger partial charge in [0.05, 0.1) is 21.6 Å². The molecule has 0 spiro atoms. The van der Waals surface area contributed by atoms with Crippen LogP contribution in [0.4, 0.5) is 10.1 Å². The molecule has 0 fully saturated rings. The van der Waals surface area contributed by atoms with Gasteiger partial charge in [-0.05, 0) is 55.3 Å². The molecule has 0 amide bonds. The van der Waals surface area contributed by atoms with E-state index in [0.717, 1.165) is 6.07 Å². The summed E-state index contributed by atoms with van der Waals surface area (Å²) < 4.78 is 40.9. The van der Waals surface area contributed by atoms with Gasteiger partial charge < -0.3 is 9.97 Å². The number of nitrogens with one attached hydrogen (secondary N) is 3. The lowest BCUT2D eigenvalue weighted by molar-refractivity contribution is 0.600. The van der Waals surface area contributed by atoms with E-state index in [2.05, 4.69) is 14.7 Å². The second-order valence-corrected chi connectivity index (χ2v) is 7.29. The van der Waals surface area contributed by atoms with Crippen LogP contribution in [0.2, 0.25) is 0 Å². The van der Waals surface area contributed by atoms with Crippen LogP contribution in [0.1, 0.15) is 11.1 Å². The summed E-state index contributed by atoms with van der Waals surface area (Å²) in [6, 6.07) is 6.42. The standard InChI is InChI=1S/C16H14FN3O4S/c1-8-5-10(17)3-4-11(8)20-25(23,24)14-7-13-12(6-9(14)2)18-15(21)16(22)19-13/h3-7,20H,1-2H3,(H,18,21)(H,19,22). The zero-order valence-corrected chi connectivity index (χ0v) is 14.1. The summed E-state index contributed by atoms with van der Waals surface area (Å²) in [6.45, 7) is 3.14. The predicted octanol–water partition coefficient (Wildman–Crippen LogP) is 1.77. The molecule has 2 aromatic carbocycles. The SMILES string of the molecule is Cc1cc(F)ccc1NS(=O)(=O)c1cc2[nH]c(=O)c(=O)[nH]c2cc1C. The van der Waals surface area contributed by atoms with Gasteiger partial charge in [0, 0.05) is 0 Å². The van der Waals surface area contributed by atoms with Gasteiger partial charge in [0.25, 0.3) is 10.0 Å². The molecule has 0 saturated carbocycles. The van der Waals surface area contributed by atoms with Crippen LogP contribution in [0.3, 0.4) is 0 Å². The number of H-pyrrole nitrogens is 2. The molecule has 0 atom stereocenters. The van der Waals surface area contributed by atoms with E-state index in [1.165, 1.54) is 24.3 Å². The van der Waals surface area contributed by atoms with Crippen molar-refractivity contribution >= 4 is 26.7 Å². The van der Waals surface area contributed by atoms with Gasteiger partial charge in [-0.25, -0.2) is 12.8 Å². The molecule has 0 aliphatic rings. The van der Waals surface area contributed by atoms with Crippen molar-refractivity contribution in [3.63, 3.8) is 0 Å². The zero-order valence-electron chi connectivity index (χ0n) is 13.3. The van der Waals surface area contributed by atoms with Gasteiger partial charge in [0.2, 0.25) is 0 Å². The van der Waals surface area contributed by atoms with Crippen LogP contribution in [0, 0.1) is 19.7 Å². The molecule has 0 unspecified atom stereocenters. The number of hydrogen-bond donors (Lipinski definition) is 3. The number of anilines is 1. The highest BCUT2D eigenvalue weighted by atomic mass is 32.2. The summed E-state index contributed by atoms with van der Waals surface area (Å²) in [7, 11) is -3.98. The Hall–Kier alpha value is -2.94. The van der Waals surface area contributed by atoms with Gasteiger partial charge in [0.15, 0.2) is 0 Å². The molecule has 1 heterocycles. The quantitative estimate of drug-likeness (QED) is 0.616. The van der Waals surface area contributed by atoms with Gasteiger partial charge >= 0.3 is 11.1 Å². The summed E-state index contributed by atoms with van der Waals surface area (Å²) >= 11 is 0. The number of hydrogen-bond acceptors (Lipinski definition) is 4. The number of aromatic nitrogens is 2. The summed E-state index contributed by atoms with van der Waals surface area (Å²) in [5.74, 6) is -0.469. The highest BCUT2D eigenvalue weighted by Gasteiger charge is 2.19. The molecular weight excluding hydrogens is 349 g/mol. The fraction of sp³-hybridized carbons (Fsp3) is 0.125. The first kappa shape index (κ1) is 16.9. The molecule has 1 aromatic heterocycles. The second kappa shape index (κ2) is 5.85. The van der Waals surface area contributed by atoms with E-state index < -0.39 is 27.0 Å². The van der Waals surface area contributed by atoms with Crippen molar-refractivity contribution < 1.29 is 12.8 Å². The molecule has 0 aliphatic carbocycles. The third-order valence-electron chi connectivity index (χ3n) is 3.74. The molecule has 3 aromatic rings. The molecule has 3 N–H and O–H groups in total. The maximum Gasteiger partial charge on any atom is 0.314 e. The minimum absolute atomic E-state index is 0.0635. The number of aryl methyl sites for hydroxylation is 2. The van der Waals surface area contributed by atoms with Crippen LogP contribution in [-0.2, 0) is 10.0 Å². The Morgan fingerprint density at radius 2 is 1.52 bits per heavy atom. The largest absolute Gasteiger partial charge is 0.316 e. The number of halogens is 1. The first-order chi connectivity index (χ1) is 11.7. The van der Waals surface area contributed by atoms with Crippen molar-refractivity contribution in [2.75, 3.05) is 4.72 Å². The van der Waals surface area contributed by atoms with Gasteiger partial charge in [-0.3, -0.25) is 14.3 Å². The summed E-state index contributed by atoms with van der Waals surface area (Å²) in [6.07, 6.45) is 0. The molecule has 0 aliphatic heterocycles. The summed E-state index contributed by atoms with van der Waals surface area (Å²) in [5.41, 5.74) is -0.131. The maximum atomic E-state index is 13.2. The van der Waals surface area contributed by atoms with Crippen molar-refractivity contribution in [1.29, 1.82) is 0 Å². The van der Waals surface area contributed by atoms with Crippen molar-refractivity contribution in [1.82, 2.24) is 9.97 Å². The molecule has 9 heteroatoms. The number of benzene rings is 2. The number of sulfonamides is 1. The Labute approximate surface area is 141 Å². The fourth-order valence-electron chi connectivity index (χ4n) is 2.48. The number of fused-ring (bicyclic) bond motifs is 1. The normalized spacial score (nSPS) is 11.6. The summed E-state index contributed by atoms with van der Waals surface area (Å²) in [5, 5.41) is 0. The highest BCUT2D eigenvalue weighted by Crippen LogP contribution is 2.24. The van der Waals surface area contributed by atoms with Crippen LogP contribution in [0.25, 0.3) is 11.0 Å². The van der Waals surface area contributed by atoms with Gasteiger partial charge in [-0.15, -0.1) is 0 Å². The molecule has 0 radical (unpaired) electrons. The third-order valence-corrected chi connectivity index (χ3v) is 5.25. The van der Waals surface area contributed by atoms with Crippen LogP contribution < -0.4 is 15.8 Å². The average Bonchev–Trinajstić information content (AvgIpc) is 2.51. The smallest absolute Gasteiger partial charge is 0.314 e. The van der Waals surface area contributed by atoms with Crippen molar-refractivity contribution in [2.24, 2.45) is 0 Å². The summed E-state index contributed by atoms with van der Waals surface area (Å²) in [4.78, 5) is 27.5. The highest BCUT2D eigenvalue weighted by molar-refractivity contribution is 7.92. The van der Waals surface area contributed by atoms with Crippen molar-refractivity contribution in [2.45, 2.75) is 18.7 Å². The molecule has 25 heavy (non-hydrogen) atoms. The monoisotopic (exact) mass is 363 g/mol. The van der Waals surface area contributed by atoms with E-state index >= 15 is 0 Å². The minimum Gasteiger partial charge on any atom is -0.316 e. The van der Waals surface area contributed by atoms with Gasteiger partial charge in [-0.2, -0.15) is 0 Å². The lowest BCUT2D eigenvalue weighted by Gasteiger charge is -2.13. The van der Waals surface area contributed by atoms with Crippen molar-refractivity contribution in [3.05, 3.63) is 68.0 Å². The molecule has 0 saturated heterocycles. The lowest BCUT2D eigenvalue weighted by atomic mass is 10.2. The van der Waals surface area contributed by atoms with Crippen LogP contribution in [0.15, 0.2) is 44.8 Å². The van der Waals surface area contributed by atoms with Gasteiger partial charge in [-0.1, -0.05) is 0 Å². The van der Waals surface area contributed by atoms with Gasteiger partial charge in [0.1, 0.15) is 5.82 Å². The first-order valence-corrected chi connectivity index (χ1v) is 8.71. The molecule has 7 nitrogen and oxygen atoms in total. The van der Waals surface area contributed by atoms with Crippen LogP contribution >= 0.6 is 0 Å². The second-order valence-electron chi connectivity index (χ2n) is 5.64. The number of aromatic amines is 2. The van der Waals surface area contributed by atoms with Crippen LogP contribution in [-0.4, -0.2) is 18.4 Å². The Bertz CT molecular complexity index is 1210. The molecule has 130 valence electrons. The zero-order chi connectivity index (χ0) is 18.4. The number of rotatable bonds is 3. The van der Waals surface area contributed by atoms with E-state index in [4.69, 9.17) is 0 Å². The van der Waals surface area contributed by atoms with E-state index in [1.54, 1.807) is 13.8 Å². The molecule has 3 rings (SSSR count). The Balaban J connectivity index is 2.13. The van der Waals surface area contributed by atoms with Crippen LogP contribution in [0.5, 0.6) is 0 Å². The topological polar surface area (TPSA) is 112 Å². The minimum atomic E-state index is -3.98. The Morgan fingerprint density at radius 3 is 2.12 bits per heavy atom. The first-order valence-electron chi connectivity index (χ1n) is 7.23. The average molecular weight is 363 g/mol. The fourth-order valence-corrected chi connectivity index (χ4v) is 3.87. The molecular formula is C16H14FN3O4S. The van der Waals surface area contributed by atoms with Crippen molar-refractivity contribution in [3.8, 4) is 0 Å². The Morgan fingerprint density at radius 1 is 0.920 bits per heavy atom. The van der Waals surface area contributed by atoms with E-state index in [1.807, 2.05) is 0 Å². The van der Waals surface area contributed by atoms with E-state index in [-0.39, 0.29) is 16.1 Å².